The SMILES string of the molecule is O=Cc1c(O)c(Br)cc(O)c1Br. The van der Waals surface area contributed by atoms with Gasteiger partial charge in [-0.1, -0.05) is 0 Å². The van der Waals surface area contributed by atoms with Crippen molar-refractivity contribution in [3.05, 3.63) is 20.6 Å². The number of halogens is 2. The Kier molecular flexibility index (Phi) is 2.74. The van der Waals surface area contributed by atoms with Gasteiger partial charge in [-0.15, -0.1) is 0 Å². The zero-order valence-corrected chi connectivity index (χ0v) is 8.89. The summed E-state index contributed by atoms with van der Waals surface area (Å²) < 4.78 is 0.475. The molecule has 0 aromatic heterocycles. The molecule has 0 atom stereocenters. The third-order valence-corrected chi connectivity index (χ3v) is 2.76. The Balaban J connectivity index is 3.52. The number of phenolic OH excluding ortho intramolecular Hbond substituents is 2. The summed E-state index contributed by atoms with van der Waals surface area (Å²) in [4.78, 5) is 10.4. The highest BCUT2D eigenvalue weighted by molar-refractivity contribution is 9.11. The van der Waals surface area contributed by atoms with Crippen LogP contribution >= 0.6 is 31.9 Å². The molecule has 1 rings (SSSR count). The van der Waals surface area contributed by atoms with Crippen LogP contribution in [0, 0.1) is 0 Å². The quantitative estimate of drug-likeness (QED) is 0.618. The van der Waals surface area contributed by atoms with Crippen molar-refractivity contribution in [3.63, 3.8) is 0 Å². The predicted octanol–water partition coefficient (Wildman–Crippen LogP) is 2.44. The fourth-order valence-corrected chi connectivity index (χ4v) is 1.56. The highest BCUT2D eigenvalue weighted by Gasteiger charge is 2.13. The summed E-state index contributed by atoms with van der Waals surface area (Å²) in [5.74, 6) is -0.281. The Labute approximate surface area is 85.3 Å². The van der Waals surface area contributed by atoms with E-state index in [1.54, 1.807) is 0 Å². The Morgan fingerprint density at radius 3 is 2.42 bits per heavy atom. The molecule has 64 valence electrons. The first-order valence-corrected chi connectivity index (χ1v) is 4.51. The van der Waals surface area contributed by atoms with Crippen molar-refractivity contribution >= 4 is 38.1 Å². The maximum atomic E-state index is 10.4. The highest BCUT2D eigenvalue weighted by Crippen LogP contribution is 2.38. The Bertz CT molecular complexity index is 310. The zero-order chi connectivity index (χ0) is 9.30. The molecule has 1 aromatic rings. The van der Waals surface area contributed by atoms with Gasteiger partial charge < -0.3 is 10.2 Å². The van der Waals surface area contributed by atoms with Gasteiger partial charge in [-0.2, -0.15) is 0 Å². The molecule has 3 nitrogen and oxygen atoms in total. The van der Waals surface area contributed by atoms with Crippen LogP contribution in [0.3, 0.4) is 0 Å². The fourth-order valence-electron chi connectivity index (χ4n) is 0.730. The van der Waals surface area contributed by atoms with E-state index in [1.165, 1.54) is 6.07 Å². The molecular weight excluding hydrogens is 292 g/mol. The molecule has 0 aliphatic rings. The van der Waals surface area contributed by atoms with Gasteiger partial charge in [-0.3, -0.25) is 4.79 Å². The molecule has 0 fully saturated rings. The molecule has 5 heteroatoms. The fraction of sp³-hybridized carbons (Fsp3) is 0. The first kappa shape index (κ1) is 9.54. The lowest BCUT2D eigenvalue weighted by Gasteiger charge is -2.04. The summed E-state index contributed by atoms with van der Waals surface area (Å²) in [6.07, 6.45) is 0.462. The number of phenols is 2. The zero-order valence-electron chi connectivity index (χ0n) is 5.71. The minimum atomic E-state index is -0.185. The highest BCUT2D eigenvalue weighted by atomic mass is 79.9. The van der Waals surface area contributed by atoms with Crippen LogP contribution in [-0.2, 0) is 0 Å². The van der Waals surface area contributed by atoms with Crippen LogP contribution in [0.15, 0.2) is 15.0 Å². The van der Waals surface area contributed by atoms with Crippen LogP contribution < -0.4 is 0 Å². The molecule has 0 heterocycles. The summed E-state index contributed by atoms with van der Waals surface area (Å²) in [6, 6.07) is 1.30. The van der Waals surface area contributed by atoms with E-state index >= 15 is 0 Å². The van der Waals surface area contributed by atoms with E-state index in [0.29, 0.717) is 6.29 Å². The van der Waals surface area contributed by atoms with E-state index in [0.717, 1.165) is 0 Å². The molecule has 0 unspecified atom stereocenters. The van der Waals surface area contributed by atoms with E-state index < -0.39 is 0 Å². The van der Waals surface area contributed by atoms with E-state index in [2.05, 4.69) is 31.9 Å². The molecule has 0 amide bonds. The van der Waals surface area contributed by atoms with Crippen molar-refractivity contribution in [3.8, 4) is 11.5 Å². The maximum absolute atomic E-state index is 10.4. The number of carbonyl (C=O) groups excluding carboxylic acids is 1. The maximum Gasteiger partial charge on any atom is 0.155 e. The average Bonchev–Trinajstić information content (AvgIpc) is 2.02. The van der Waals surface area contributed by atoms with Crippen LogP contribution in [0.5, 0.6) is 11.5 Å². The smallest absolute Gasteiger partial charge is 0.155 e. The summed E-state index contributed by atoms with van der Waals surface area (Å²) in [5, 5.41) is 18.5. The topological polar surface area (TPSA) is 57.5 Å². The van der Waals surface area contributed by atoms with Crippen molar-refractivity contribution in [1.82, 2.24) is 0 Å². The Morgan fingerprint density at radius 1 is 1.33 bits per heavy atom. The summed E-state index contributed by atoms with van der Waals surface area (Å²) in [6.45, 7) is 0. The van der Waals surface area contributed by atoms with Crippen molar-refractivity contribution in [1.29, 1.82) is 0 Å². The lowest BCUT2D eigenvalue weighted by molar-refractivity contribution is 0.111. The van der Waals surface area contributed by atoms with E-state index in [4.69, 9.17) is 0 Å². The molecule has 0 radical (unpaired) electrons. The first-order chi connectivity index (χ1) is 5.57. The average molecular weight is 296 g/mol. The molecule has 2 N–H and O–H groups in total. The number of rotatable bonds is 1. The monoisotopic (exact) mass is 294 g/mol. The number of carbonyl (C=O) groups is 1. The summed E-state index contributed by atoms with van der Waals surface area (Å²) in [5.41, 5.74) is 0.0295. The van der Waals surface area contributed by atoms with Crippen LogP contribution in [0.25, 0.3) is 0 Å². The Morgan fingerprint density at radius 2 is 1.92 bits per heavy atom. The molecule has 0 saturated carbocycles. The largest absolute Gasteiger partial charge is 0.507 e. The molecule has 12 heavy (non-hydrogen) atoms. The van der Waals surface area contributed by atoms with Gasteiger partial charge in [-0.05, 0) is 37.9 Å². The normalized spacial score (nSPS) is 9.83. The van der Waals surface area contributed by atoms with Gasteiger partial charge in [0.25, 0.3) is 0 Å². The van der Waals surface area contributed by atoms with E-state index in [9.17, 15) is 15.0 Å². The molecule has 0 bridgehead atoms. The van der Waals surface area contributed by atoms with E-state index in [-0.39, 0.29) is 26.0 Å². The van der Waals surface area contributed by atoms with Gasteiger partial charge in [0.2, 0.25) is 0 Å². The number of aromatic hydroxyl groups is 2. The number of hydrogen-bond donors (Lipinski definition) is 2. The lowest BCUT2D eigenvalue weighted by atomic mass is 10.2. The third kappa shape index (κ3) is 1.47. The first-order valence-electron chi connectivity index (χ1n) is 2.93. The van der Waals surface area contributed by atoms with Crippen molar-refractivity contribution in [2.24, 2.45) is 0 Å². The second-order valence-corrected chi connectivity index (χ2v) is 3.72. The van der Waals surface area contributed by atoms with Crippen LogP contribution in [0.1, 0.15) is 10.4 Å². The van der Waals surface area contributed by atoms with Gasteiger partial charge in [0.05, 0.1) is 14.5 Å². The number of benzene rings is 1. The molecule has 0 saturated heterocycles. The molecule has 0 aliphatic carbocycles. The van der Waals surface area contributed by atoms with Crippen LogP contribution in [-0.4, -0.2) is 16.5 Å². The van der Waals surface area contributed by atoms with Gasteiger partial charge in [0, 0.05) is 0 Å². The van der Waals surface area contributed by atoms with Crippen molar-refractivity contribution < 1.29 is 15.0 Å². The minimum Gasteiger partial charge on any atom is -0.507 e. The second-order valence-electron chi connectivity index (χ2n) is 2.07. The molecule has 0 spiro atoms. The van der Waals surface area contributed by atoms with Gasteiger partial charge in [0.1, 0.15) is 11.5 Å². The molecule has 0 aliphatic heterocycles. The molecule has 1 aromatic carbocycles. The van der Waals surface area contributed by atoms with Gasteiger partial charge >= 0.3 is 0 Å². The summed E-state index contributed by atoms with van der Waals surface area (Å²) in [7, 11) is 0. The summed E-state index contributed by atoms with van der Waals surface area (Å²) >= 11 is 5.95. The van der Waals surface area contributed by atoms with Crippen molar-refractivity contribution in [2.45, 2.75) is 0 Å². The lowest BCUT2D eigenvalue weighted by Crippen LogP contribution is -1.85. The van der Waals surface area contributed by atoms with Gasteiger partial charge in [-0.25, -0.2) is 0 Å². The predicted molar refractivity (Wildman–Crippen MR) is 50.6 cm³/mol. The van der Waals surface area contributed by atoms with Gasteiger partial charge in [0.15, 0.2) is 6.29 Å². The number of aldehydes is 1. The third-order valence-electron chi connectivity index (χ3n) is 1.32. The van der Waals surface area contributed by atoms with E-state index in [1.807, 2.05) is 0 Å². The van der Waals surface area contributed by atoms with Crippen molar-refractivity contribution in [2.75, 3.05) is 0 Å². The van der Waals surface area contributed by atoms with Crippen LogP contribution in [0.2, 0.25) is 0 Å². The molecular formula is C7H4Br2O3. The minimum absolute atomic E-state index is 0.0295. The van der Waals surface area contributed by atoms with Crippen LogP contribution in [0.4, 0.5) is 0 Å². The number of hydrogen-bond acceptors (Lipinski definition) is 3. The Hall–Kier alpha value is -0.550. The standard InChI is InChI=1S/C7H4Br2O3/c8-4-1-5(11)6(9)3(2-10)7(4)12/h1-2,11-12H. The second kappa shape index (κ2) is 3.45.